The summed E-state index contributed by atoms with van der Waals surface area (Å²) in [5.41, 5.74) is 4.15. The Morgan fingerprint density at radius 2 is 1.73 bits per heavy atom. The van der Waals surface area contributed by atoms with Gasteiger partial charge >= 0.3 is 0 Å². The third-order valence-electron chi connectivity index (χ3n) is 8.40. The molecule has 5 rings (SSSR count). The summed E-state index contributed by atoms with van der Waals surface area (Å²) in [5.74, 6) is -1.65. The van der Waals surface area contributed by atoms with Gasteiger partial charge in [0.1, 0.15) is 5.82 Å². The third-order valence-corrected chi connectivity index (χ3v) is 8.40. The molecule has 3 aromatic rings. The van der Waals surface area contributed by atoms with Crippen LogP contribution in [0.25, 0.3) is 0 Å². The zero-order valence-electron chi connectivity index (χ0n) is 24.4. The molecule has 0 aliphatic carbocycles. The SMILES string of the molecule is Cc1cccc(F)c1C(=O)N1CCC[C@H](C(=O)Nc2cccc(C(C)(C)C)c2)[C@@H]1c1cccc(N2CCC(O)C2)c1. The second kappa shape index (κ2) is 11.6. The number of benzene rings is 3. The molecule has 0 radical (unpaired) electrons. The number of piperidine rings is 1. The highest BCUT2D eigenvalue weighted by Crippen LogP contribution is 2.40. The number of hydrogen-bond donors (Lipinski definition) is 2. The highest BCUT2D eigenvalue weighted by molar-refractivity contribution is 5.98. The number of carbonyl (C=O) groups excluding carboxylic acids is 2. The van der Waals surface area contributed by atoms with E-state index < -0.39 is 23.7 Å². The van der Waals surface area contributed by atoms with E-state index in [1.807, 2.05) is 42.5 Å². The van der Waals surface area contributed by atoms with Crippen LogP contribution in [0.2, 0.25) is 0 Å². The Kier molecular flexibility index (Phi) is 8.18. The van der Waals surface area contributed by atoms with Crippen molar-refractivity contribution in [3.8, 4) is 0 Å². The topological polar surface area (TPSA) is 72.9 Å². The van der Waals surface area contributed by atoms with Crippen LogP contribution in [0.4, 0.5) is 15.8 Å². The molecule has 0 aromatic heterocycles. The number of β-amino-alcohol motifs (C(OH)–C–C–N with tert-alkyl or cyclic N) is 1. The number of anilines is 2. The Balaban J connectivity index is 1.52. The zero-order chi connectivity index (χ0) is 29.3. The van der Waals surface area contributed by atoms with Crippen LogP contribution < -0.4 is 10.2 Å². The van der Waals surface area contributed by atoms with Crippen molar-refractivity contribution in [1.82, 2.24) is 4.90 Å². The van der Waals surface area contributed by atoms with Crippen molar-refractivity contribution in [3.63, 3.8) is 0 Å². The smallest absolute Gasteiger partial charge is 0.257 e. The fourth-order valence-corrected chi connectivity index (χ4v) is 6.14. The number of amides is 2. The molecule has 6 nitrogen and oxygen atoms in total. The lowest BCUT2D eigenvalue weighted by atomic mass is 9.83. The average molecular weight is 558 g/mol. The number of nitrogens with zero attached hydrogens (tertiary/aromatic N) is 2. The van der Waals surface area contributed by atoms with E-state index in [0.29, 0.717) is 37.9 Å². The minimum absolute atomic E-state index is 0.0512. The van der Waals surface area contributed by atoms with E-state index in [0.717, 1.165) is 29.0 Å². The predicted molar refractivity (Wildman–Crippen MR) is 161 cm³/mol. The Bertz CT molecular complexity index is 1410. The highest BCUT2D eigenvalue weighted by atomic mass is 19.1. The second-order valence-corrected chi connectivity index (χ2v) is 12.4. The predicted octanol–water partition coefficient (Wildman–Crippen LogP) is 6.23. The Labute approximate surface area is 242 Å². The van der Waals surface area contributed by atoms with Gasteiger partial charge in [-0.05, 0) is 78.6 Å². The van der Waals surface area contributed by atoms with Crippen molar-refractivity contribution in [1.29, 1.82) is 0 Å². The maximum Gasteiger partial charge on any atom is 0.257 e. The van der Waals surface area contributed by atoms with E-state index in [9.17, 15) is 14.7 Å². The van der Waals surface area contributed by atoms with E-state index in [2.05, 4.69) is 37.1 Å². The zero-order valence-corrected chi connectivity index (χ0v) is 24.4. The van der Waals surface area contributed by atoms with Crippen molar-refractivity contribution in [2.45, 2.75) is 64.5 Å². The Morgan fingerprint density at radius 3 is 2.44 bits per heavy atom. The molecule has 0 spiro atoms. The normalized spacial score (nSPS) is 21.2. The van der Waals surface area contributed by atoms with Gasteiger partial charge in [-0.3, -0.25) is 9.59 Å². The van der Waals surface area contributed by atoms with Gasteiger partial charge in [-0.25, -0.2) is 4.39 Å². The summed E-state index contributed by atoms with van der Waals surface area (Å²) in [6, 6.07) is 19.8. The maximum absolute atomic E-state index is 15.0. The molecule has 3 atom stereocenters. The summed E-state index contributed by atoms with van der Waals surface area (Å²) < 4.78 is 15.0. The molecule has 2 N–H and O–H groups in total. The molecular formula is C34H40FN3O3. The fourth-order valence-electron chi connectivity index (χ4n) is 6.14. The lowest BCUT2D eigenvalue weighted by Crippen LogP contribution is -2.46. The summed E-state index contributed by atoms with van der Waals surface area (Å²) in [6.45, 7) is 9.83. The van der Waals surface area contributed by atoms with Gasteiger partial charge in [0.05, 0.1) is 23.6 Å². The van der Waals surface area contributed by atoms with Gasteiger partial charge in [-0.1, -0.05) is 57.2 Å². The molecule has 1 unspecified atom stereocenters. The number of nitrogens with one attached hydrogen (secondary N) is 1. The van der Waals surface area contributed by atoms with Crippen LogP contribution >= 0.6 is 0 Å². The highest BCUT2D eigenvalue weighted by Gasteiger charge is 2.41. The van der Waals surface area contributed by atoms with Crippen LogP contribution in [-0.2, 0) is 10.2 Å². The van der Waals surface area contributed by atoms with Gasteiger partial charge in [-0.2, -0.15) is 0 Å². The lowest BCUT2D eigenvalue weighted by molar-refractivity contribution is -0.123. The average Bonchev–Trinajstić information content (AvgIpc) is 3.38. The molecule has 2 heterocycles. The third kappa shape index (κ3) is 6.15. The second-order valence-electron chi connectivity index (χ2n) is 12.4. The number of halogens is 1. The van der Waals surface area contributed by atoms with Crippen molar-refractivity contribution in [2.24, 2.45) is 5.92 Å². The fraction of sp³-hybridized carbons (Fsp3) is 0.412. The van der Waals surface area contributed by atoms with Crippen molar-refractivity contribution in [3.05, 3.63) is 94.8 Å². The van der Waals surface area contributed by atoms with Gasteiger partial charge in [0.2, 0.25) is 5.91 Å². The van der Waals surface area contributed by atoms with Gasteiger partial charge in [-0.15, -0.1) is 0 Å². The van der Waals surface area contributed by atoms with Crippen LogP contribution in [0, 0.1) is 18.7 Å². The van der Waals surface area contributed by atoms with Gasteiger partial charge in [0.25, 0.3) is 5.91 Å². The van der Waals surface area contributed by atoms with E-state index in [-0.39, 0.29) is 23.0 Å². The first-order valence-electron chi connectivity index (χ1n) is 14.5. The van der Waals surface area contributed by atoms with Crippen LogP contribution in [0.1, 0.15) is 73.1 Å². The standard InChI is InChI=1S/C34H40FN3O3/c1-22-9-5-15-29(35)30(22)33(41)38-17-8-14-28(32(40)36-25-12-7-11-24(20-25)34(2,3)4)31(38)23-10-6-13-26(19-23)37-18-16-27(39)21-37/h5-7,9-13,15,19-20,27-28,31,39H,8,14,16-18,21H2,1-4H3,(H,36,40)/t27?,28-,31-/m0/s1. The molecule has 2 amide bonds. The summed E-state index contributed by atoms with van der Waals surface area (Å²) >= 11 is 0. The van der Waals surface area contributed by atoms with Gasteiger partial charge < -0.3 is 20.2 Å². The van der Waals surface area contributed by atoms with Gasteiger partial charge in [0, 0.05) is 31.0 Å². The quantitative estimate of drug-likeness (QED) is 0.390. The maximum atomic E-state index is 15.0. The molecule has 0 saturated carbocycles. The van der Waals surface area contributed by atoms with E-state index in [1.165, 1.54) is 6.07 Å². The summed E-state index contributed by atoms with van der Waals surface area (Å²) in [7, 11) is 0. The molecule has 3 aromatic carbocycles. The number of likely N-dealkylation sites (tertiary alicyclic amines) is 1. The molecular weight excluding hydrogens is 517 g/mol. The lowest BCUT2D eigenvalue weighted by Gasteiger charge is -2.41. The van der Waals surface area contributed by atoms with Crippen molar-refractivity contribution >= 4 is 23.2 Å². The van der Waals surface area contributed by atoms with Crippen LogP contribution in [-0.4, -0.2) is 47.6 Å². The number of hydrogen-bond acceptors (Lipinski definition) is 4. The van der Waals surface area contributed by atoms with Gasteiger partial charge in [0.15, 0.2) is 0 Å². The molecule has 2 aliphatic heterocycles. The molecule has 2 saturated heterocycles. The molecule has 7 heteroatoms. The Morgan fingerprint density at radius 1 is 0.976 bits per heavy atom. The van der Waals surface area contributed by atoms with E-state index in [1.54, 1.807) is 24.0 Å². The molecule has 2 fully saturated rings. The van der Waals surface area contributed by atoms with E-state index >= 15 is 4.39 Å². The number of aliphatic hydroxyl groups excluding tert-OH is 1. The number of carbonyl (C=O) groups is 2. The monoisotopic (exact) mass is 557 g/mol. The van der Waals surface area contributed by atoms with Crippen molar-refractivity contribution < 1.29 is 19.1 Å². The van der Waals surface area contributed by atoms with Crippen LogP contribution in [0.15, 0.2) is 66.7 Å². The first kappa shape index (κ1) is 28.8. The number of aliphatic hydroxyl groups is 1. The molecule has 216 valence electrons. The Hall–Kier alpha value is -3.71. The summed E-state index contributed by atoms with van der Waals surface area (Å²) in [6.07, 6.45) is 1.55. The number of aryl methyl sites for hydroxylation is 1. The minimum atomic E-state index is -0.575. The molecule has 2 aliphatic rings. The number of rotatable bonds is 5. The minimum Gasteiger partial charge on any atom is -0.391 e. The first-order valence-corrected chi connectivity index (χ1v) is 14.5. The summed E-state index contributed by atoms with van der Waals surface area (Å²) in [4.78, 5) is 31.8. The van der Waals surface area contributed by atoms with Crippen LogP contribution in [0.3, 0.4) is 0 Å². The molecule has 0 bridgehead atoms. The first-order chi connectivity index (χ1) is 19.5. The van der Waals surface area contributed by atoms with Crippen molar-refractivity contribution in [2.75, 3.05) is 29.9 Å². The molecule has 41 heavy (non-hydrogen) atoms. The van der Waals surface area contributed by atoms with Crippen LogP contribution in [0.5, 0.6) is 0 Å². The largest absolute Gasteiger partial charge is 0.391 e. The van der Waals surface area contributed by atoms with E-state index in [4.69, 9.17) is 0 Å². The summed E-state index contributed by atoms with van der Waals surface area (Å²) in [5, 5.41) is 13.2.